The molecule has 0 aliphatic carbocycles. The van der Waals surface area contributed by atoms with E-state index in [2.05, 4.69) is 16.9 Å². The number of hydrogen-bond donors (Lipinski definition) is 1. The van der Waals surface area contributed by atoms with Gasteiger partial charge in [-0.2, -0.15) is 0 Å². The van der Waals surface area contributed by atoms with E-state index in [4.69, 9.17) is 5.73 Å². The van der Waals surface area contributed by atoms with E-state index in [0.717, 1.165) is 36.8 Å². The Morgan fingerprint density at radius 3 is 2.80 bits per heavy atom. The van der Waals surface area contributed by atoms with Gasteiger partial charge >= 0.3 is 0 Å². The third-order valence-electron chi connectivity index (χ3n) is 1.99. The highest BCUT2D eigenvalue weighted by Gasteiger charge is 2.06. The van der Waals surface area contributed by atoms with Crippen molar-refractivity contribution in [1.82, 2.24) is 4.90 Å². The monoisotopic (exact) mass is 229 g/mol. The Balaban J connectivity index is 0.000000921. The summed E-state index contributed by atoms with van der Waals surface area (Å²) in [5.74, 6) is 0. The van der Waals surface area contributed by atoms with Crippen molar-refractivity contribution in [2.45, 2.75) is 20.3 Å². The summed E-state index contributed by atoms with van der Waals surface area (Å²) in [6, 6.07) is 0. The molecule has 0 saturated heterocycles. The molecule has 1 heterocycles. The molecule has 0 radical (unpaired) electrons. The molecule has 2 N–H and O–H groups in total. The fourth-order valence-electron chi connectivity index (χ4n) is 1.28. The van der Waals surface area contributed by atoms with Crippen molar-refractivity contribution in [2.24, 2.45) is 10.7 Å². The fraction of sp³-hybridized carbons (Fsp3) is 0.727. The Labute approximate surface area is 97.8 Å². The van der Waals surface area contributed by atoms with Crippen LogP contribution in [0.5, 0.6) is 0 Å². The quantitative estimate of drug-likeness (QED) is 0.787. The second kappa shape index (κ2) is 8.80. The SMILES string of the molecule is CC.CS/C(N)=C/C1=NCCCN(C)C1. The number of aliphatic imine (C=N–C) groups is 1. The van der Waals surface area contributed by atoms with Crippen molar-refractivity contribution in [3.05, 3.63) is 11.1 Å². The predicted octanol–water partition coefficient (Wildman–Crippen LogP) is 1.95. The summed E-state index contributed by atoms with van der Waals surface area (Å²) in [4.78, 5) is 6.74. The topological polar surface area (TPSA) is 41.6 Å². The molecule has 1 aliphatic heterocycles. The molecule has 1 rings (SSSR count). The molecule has 0 amide bonds. The first-order chi connectivity index (χ1) is 7.22. The molecule has 0 aromatic carbocycles. The molecule has 0 spiro atoms. The lowest BCUT2D eigenvalue weighted by atomic mass is 10.3. The molecule has 0 saturated carbocycles. The van der Waals surface area contributed by atoms with Crippen molar-refractivity contribution in [3.63, 3.8) is 0 Å². The maximum Gasteiger partial charge on any atom is 0.0671 e. The molecule has 4 heteroatoms. The van der Waals surface area contributed by atoms with Crippen LogP contribution >= 0.6 is 11.8 Å². The molecular weight excluding hydrogens is 206 g/mol. The van der Waals surface area contributed by atoms with Gasteiger partial charge in [0.15, 0.2) is 0 Å². The second-order valence-electron chi connectivity index (χ2n) is 3.22. The van der Waals surface area contributed by atoms with Crippen LogP contribution < -0.4 is 5.73 Å². The third kappa shape index (κ3) is 6.57. The van der Waals surface area contributed by atoms with Crippen LogP contribution in [0, 0.1) is 0 Å². The van der Waals surface area contributed by atoms with Gasteiger partial charge in [0.2, 0.25) is 0 Å². The van der Waals surface area contributed by atoms with Crippen LogP contribution in [0.2, 0.25) is 0 Å². The Morgan fingerprint density at radius 2 is 2.20 bits per heavy atom. The van der Waals surface area contributed by atoms with Crippen LogP contribution in [0.4, 0.5) is 0 Å². The van der Waals surface area contributed by atoms with Crippen LogP contribution in [-0.2, 0) is 0 Å². The summed E-state index contributed by atoms with van der Waals surface area (Å²) in [6.45, 7) is 6.97. The summed E-state index contributed by atoms with van der Waals surface area (Å²) < 4.78 is 0. The molecule has 0 bridgehead atoms. The first kappa shape index (κ1) is 14.5. The number of nitrogens with zero attached hydrogens (tertiary/aromatic N) is 2. The zero-order valence-electron chi connectivity index (χ0n) is 10.3. The molecule has 15 heavy (non-hydrogen) atoms. The van der Waals surface area contributed by atoms with Gasteiger partial charge in [0.1, 0.15) is 0 Å². The number of rotatable bonds is 2. The van der Waals surface area contributed by atoms with Crippen LogP contribution in [0.25, 0.3) is 0 Å². The Kier molecular flexibility index (Phi) is 8.52. The number of thioether (sulfide) groups is 1. The molecule has 0 unspecified atom stereocenters. The van der Waals surface area contributed by atoms with E-state index in [0.29, 0.717) is 0 Å². The van der Waals surface area contributed by atoms with Crippen molar-refractivity contribution in [2.75, 3.05) is 32.9 Å². The predicted molar refractivity (Wildman–Crippen MR) is 71.5 cm³/mol. The van der Waals surface area contributed by atoms with E-state index in [1.165, 1.54) is 0 Å². The highest BCUT2D eigenvalue weighted by Crippen LogP contribution is 2.05. The van der Waals surface area contributed by atoms with Gasteiger partial charge in [0.25, 0.3) is 0 Å². The van der Waals surface area contributed by atoms with Gasteiger partial charge in [-0.05, 0) is 25.8 Å². The minimum atomic E-state index is 0.842. The molecule has 0 fully saturated rings. The molecule has 3 nitrogen and oxygen atoms in total. The lowest BCUT2D eigenvalue weighted by molar-refractivity contribution is 0.385. The Hall–Kier alpha value is -0.480. The minimum Gasteiger partial charge on any atom is -0.393 e. The van der Waals surface area contributed by atoms with Crippen LogP contribution in [0.1, 0.15) is 20.3 Å². The summed E-state index contributed by atoms with van der Waals surface area (Å²) >= 11 is 1.57. The van der Waals surface area contributed by atoms with E-state index < -0.39 is 0 Å². The van der Waals surface area contributed by atoms with Gasteiger partial charge in [0, 0.05) is 19.6 Å². The number of nitrogens with two attached hydrogens (primary N) is 1. The van der Waals surface area contributed by atoms with Gasteiger partial charge in [-0.15, -0.1) is 11.8 Å². The fourth-order valence-corrected chi connectivity index (χ4v) is 1.54. The third-order valence-corrected chi connectivity index (χ3v) is 2.58. The highest BCUT2D eigenvalue weighted by atomic mass is 32.2. The minimum absolute atomic E-state index is 0.842. The highest BCUT2D eigenvalue weighted by molar-refractivity contribution is 8.02. The van der Waals surface area contributed by atoms with Crippen LogP contribution in [-0.4, -0.2) is 43.5 Å². The molecule has 0 aromatic heterocycles. The Bertz CT molecular complexity index is 224. The summed E-state index contributed by atoms with van der Waals surface area (Å²) in [5, 5.41) is 0.842. The maximum absolute atomic E-state index is 5.72. The number of hydrogen-bond acceptors (Lipinski definition) is 4. The molecule has 0 aromatic rings. The largest absolute Gasteiger partial charge is 0.393 e. The van der Waals surface area contributed by atoms with E-state index in [1.54, 1.807) is 11.8 Å². The molecular formula is C11H23N3S. The molecule has 1 aliphatic rings. The standard InChI is InChI=1S/C9H17N3S.C2H6/c1-12-5-3-4-11-8(7-12)6-9(10)13-2;1-2/h6H,3-5,7,10H2,1-2H3;1-2H3/b9-6+;. The average molecular weight is 229 g/mol. The lowest BCUT2D eigenvalue weighted by Gasteiger charge is -2.12. The zero-order valence-corrected chi connectivity index (χ0v) is 11.1. The van der Waals surface area contributed by atoms with Crippen LogP contribution in [0.15, 0.2) is 16.1 Å². The summed E-state index contributed by atoms with van der Waals surface area (Å²) in [6.07, 6.45) is 5.10. The van der Waals surface area contributed by atoms with Crippen molar-refractivity contribution in [3.8, 4) is 0 Å². The van der Waals surface area contributed by atoms with E-state index in [1.807, 2.05) is 26.2 Å². The molecule has 0 atom stereocenters. The van der Waals surface area contributed by atoms with Gasteiger partial charge in [-0.1, -0.05) is 13.8 Å². The first-order valence-corrected chi connectivity index (χ1v) is 6.68. The maximum atomic E-state index is 5.72. The Morgan fingerprint density at radius 1 is 1.53 bits per heavy atom. The summed E-state index contributed by atoms with van der Waals surface area (Å²) in [5.41, 5.74) is 6.83. The van der Waals surface area contributed by atoms with E-state index in [9.17, 15) is 0 Å². The van der Waals surface area contributed by atoms with Gasteiger partial charge in [-0.3, -0.25) is 4.99 Å². The van der Waals surface area contributed by atoms with Crippen molar-refractivity contribution in [1.29, 1.82) is 0 Å². The zero-order chi connectivity index (χ0) is 11.7. The van der Waals surface area contributed by atoms with Crippen molar-refractivity contribution >= 4 is 17.5 Å². The van der Waals surface area contributed by atoms with Crippen LogP contribution in [0.3, 0.4) is 0 Å². The summed E-state index contributed by atoms with van der Waals surface area (Å²) in [7, 11) is 2.12. The van der Waals surface area contributed by atoms with Gasteiger partial charge in [-0.25, -0.2) is 0 Å². The van der Waals surface area contributed by atoms with Gasteiger partial charge < -0.3 is 10.6 Å². The smallest absolute Gasteiger partial charge is 0.0671 e. The lowest BCUT2D eigenvalue weighted by Crippen LogP contribution is -2.24. The second-order valence-corrected chi connectivity index (χ2v) is 4.09. The van der Waals surface area contributed by atoms with E-state index in [-0.39, 0.29) is 0 Å². The van der Waals surface area contributed by atoms with E-state index >= 15 is 0 Å². The normalized spacial score (nSPS) is 18.7. The first-order valence-electron chi connectivity index (χ1n) is 5.45. The van der Waals surface area contributed by atoms with Gasteiger partial charge in [0.05, 0.1) is 10.7 Å². The average Bonchev–Trinajstić information content (AvgIpc) is 2.45. The van der Waals surface area contributed by atoms with Crippen molar-refractivity contribution < 1.29 is 0 Å². The molecule has 88 valence electrons.